The zero-order valence-electron chi connectivity index (χ0n) is 18.1. The minimum absolute atomic E-state index is 0.0570. The molecule has 1 aromatic heterocycles. The number of phenolic OH excluding ortho intramolecular Hbond substituents is 1. The number of phenols is 1. The van der Waals surface area contributed by atoms with Crippen molar-refractivity contribution in [3.8, 4) is 5.75 Å². The summed E-state index contributed by atoms with van der Waals surface area (Å²) < 4.78 is 0.997. The zero-order chi connectivity index (χ0) is 22.2. The third-order valence-electron chi connectivity index (χ3n) is 7.54. The third-order valence-corrected chi connectivity index (χ3v) is 8.50. The van der Waals surface area contributed by atoms with E-state index < -0.39 is 5.97 Å². The van der Waals surface area contributed by atoms with Crippen LogP contribution in [0.25, 0.3) is 10.1 Å². The first-order valence-electron chi connectivity index (χ1n) is 11.1. The van der Waals surface area contributed by atoms with Gasteiger partial charge in [0.2, 0.25) is 0 Å². The Morgan fingerprint density at radius 2 is 2.06 bits per heavy atom. The molecule has 3 aliphatic carbocycles. The molecule has 5 nitrogen and oxygen atoms in total. The van der Waals surface area contributed by atoms with E-state index in [0.717, 1.165) is 29.3 Å². The van der Waals surface area contributed by atoms with E-state index in [2.05, 4.69) is 31.3 Å². The van der Waals surface area contributed by atoms with Gasteiger partial charge in [0, 0.05) is 27.9 Å². The molecule has 1 unspecified atom stereocenters. The van der Waals surface area contributed by atoms with Gasteiger partial charge in [0.1, 0.15) is 5.75 Å². The summed E-state index contributed by atoms with van der Waals surface area (Å²) in [4.78, 5) is 23.9. The highest BCUT2D eigenvalue weighted by Gasteiger charge is 2.57. The lowest BCUT2D eigenvalue weighted by Crippen LogP contribution is -2.63. The lowest BCUT2D eigenvalue weighted by Gasteiger charge is -2.62. The second-order valence-corrected chi connectivity index (χ2v) is 10.6. The van der Waals surface area contributed by atoms with Crippen molar-refractivity contribution < 1.29 is 19.8 Å². The molecule has 0 radical (unpaired) electrons. The third kappa shape index (κ3) is 4.36. The number of aliphatic carboxylic acids is 1. The van der Waals surface area contributed by atoms with Gasteiger partial charge in [-0.1, -0.05) is 26.0 Å². The lowest BCUT2D eigenvalue weighted by molar-refractivity contribution is -0.137. The molecule has 1 heterocycles. The smallest absolute Gasteiger partial charge is 0.303 e. The van der Waals surface area contributed by atoms with Gasteiger partial charge in [-0.15, -0.1) is 11.3 Å². The minimum atomic E-state index is -0.750. The molecule has 1 aromatic carbocycles. The molecule has 0 spiro atoms. The second-order valence-electron chi connectivity index (χ2n) is 9.68. The summed E-state index contributed by atoms with van der Waals surface area (Å²) in [5, 5.41) is 24.7. The molecule has 0 saturated heterocycles. The molecule has 0 aliphatic heterocycles. The van der Waals surface area contributed by atoms with Crippen LogP contribution in [0, 0.1) is 23.2 Å². The number of hydrogen-bond acceptors (Lipinski definition) is 4. The Hall–Kier alpha value is -2.34. The maximum absolute atomic E-state index is 13.2. The van der Waals surface area contributed by atoms with Crippen LogP contribution >= 0.6 is 11.3 Å². The first-order valence-corrected chi connectivity index (χ1v) is 12.0. The van der Waals surface area contributed by atoms with Crippen LogP contribution < -0.4 is 5.32 Å². The van der Waals surface area contributed by atoms with Crippen molar-refractivity contribution >= 4 is 33.3 Å². The fourth-order valence-corrected chi connectivity index (χ4v) is 6.47. The van der Waals surface area contributed by atoms with Crippen LogP contribution in [0.5, 0.6) is 5.75 Å². The molecule has 2 aromatic rings. The number of carboxylic acid groups (broad SMARTS) is 1. The number of amides is 1. The molecule has 3 N–H and O–H groups in total. The molecule has 3 fully saturated rings. The number of carbonyl (C=O) groups is 2. The molecule has 4 atom stereocenters. The maximum Gasteiger partial charge on any atom is 0.303 e. The Morgan fingerprint density at radius 1 is 1.26 bits per heavy atom. The van der Waals surface area contributed by atoms with Crippen molar-refractivity contribution in [3.05, 3.63) is 41.3 Å². The monoisotopic (exact) mass is 441 g/mol. The molecule has 166 valence electrons. The largest absolute Gasteiger partial charge is 0.508 e. The average Bonchev–Trinajstić information content (AvgIpc) is 3.13. The zero-order valence-corrected chi connectivity index (χ0v) is 19.0. The molecule has 3 saturated carbocycles. The Kier molecular flexibility index (Phi) is 6.11. The molecule has 2 bridgehead atoms. The maximum atomic E-state index is 13.2. The predicted molar refractivity (Wildman–Crippen MR) is 123 cm³/mol. The number of aromatic hydroxyl groups is 1. The summed E-state index contributed by atoms with van der Waals surface area (Å²) in [7, 11) is 0. The first-order chi connectivity index (χ1) is 14.8. The number of allylic oxidation sites excluding steroid dienone is 2. The van der Waals surface area contributed by atoms with E-state index in [1.165, 1.54) is 17.8 Å². The highest BCUT2D eigenvalue weighted by atomic mass is 32.1. The van der Waals surface area contributed by atoms with Crippen molar-refractivity contribution in [1.29, 1.82) is 0 Å². The van der Waals surface area contributed by atoms with E-state index in [0.29, 0.717) is 29.7 Å². The van der Waals surface area contributed by atoms with Gasteiger partial charge in [-0.2, -0.15) is 0 Å². The van der Waals surface area contributed by atoms with Crippen LogP contribution in [0.15, 0.2) is 35.7 Å². The predicted octanol–water partition coefficient (Wildman–Crippen LogP) is 5.59. The Morgan fingerprint density at radius 3 is 2.81 bits per heavy atom. The summed E-state index contributed by atoms with van der Waals surface area (Å²) in [6.07, 6.45) is 9.08. The number of benzene rings is 1. The highest BCUT2D eigenvalue weighted by molar-refractivity contribution is 7.17. The highest BCUT2D eigenvalue weighted by Crippen LogP contribution is 2.61. The normalized spacial score (nSPS) is 26.6. The van der Waals surface area contributed by atoms with Gasteiger partial charge in [-0.3, -0.25) is 9.59 Å². The molecule has 3 aliphatic rings. The van der Waals surface area contributed by atoms with E-state index in [4.69, 9.17) is 5.11 Å². The van der Waals surface area contributed by atoms with Crippen molar-refractivity contribution in [2.75, 3.05) is 0 Å². The number of nitrogens with one attached hydrogen (secondary N) is 1. The van der Waals surface area contributed by atoms with E-state index in [1.807, 2.05) is 11.4 Å². The molecular formula is C25H31NO4S. The van der Waals surface area contributed by atoms with E-state index >= 15 is 0 Å². The quantitative estimate of drug-likeness (QED) is 0.368. The Bertz CT molecular complexity index is 1010. The number of carbonyl (C=O) groups excluding carboxylic acids is 1. The van der Waals surface area contributed by atoms with Crippen molar-refractivity contribution in [2.24, 2.45) is 23.2 Å². The SMILES string of the molecule is CC1(C)[C@H]2C[C@H](C/C=C\CCCC(=O)O)C(NC(=O)c3csc4ccc(O)cc34)[C@@H]1C2. The summed E-state index contributed by atoms with van der Waals surface area (Å²) >= 11 is 1.52. The number of thiophene rings is 1. The number of unbranched alkanes of at least 4 members (excludes halogenated alkanes) is 1. The van der Waals surface area contributed by atoms with Gasteiger partial charge < -0.3 is 15.5 Å². The number of carboxylic acids is 1. The van der Waals surface area contributed by atoms with Crippen LogP contribution in [0.4, 0.5) is 0 Å². The minimum Gasteiger partial charge on any atom is -0.508 e. The van der Waals surface area contributed by atoms with Crippen molar-refractivity contribution in [2.45, 2.75) is 58.4 Å². The summed E-state index contributed by atoms with van der Waals surface area (Å²) in [6.45, 7) is 4.64. The van der Waals surface area contributed by atoms with Crippen LogP contribution in [-0.2, 0) is 4.79 Å². The molecule has 6 heteroatoms. The van der Waals surface area contributed by atoms with Gasteiger partial charge in [-0.25, -0.2) is 0 Å². The van der Waals surface area contributed by atoms with Crippen molar-refractivity contribution in [1.82, 2.24) is 5.32 Å². The first kappa shape index (κ1) is 21.9. The fourth-order valence-electron chi connectivity index (χ4n) is 5.55. The van der Waals surface area contributed by atoms with Crippen LogP contribution in [0.1, 0.15) is 62.7 Å². The van der Waals surface area contributed by atoms with Gasteiger partial charge in [0.25, 0.3) is 5.91 Å². The fraction of sp³-hybridized carbons (Fsp3) is 0.520. The van der Waals surface area contributed by atoms with Gasteiger partial charge >= 0.3 is 5.97 Å². The van der Waals surface area contributed by atoms with Crippen LogP contribution in [-0.4, -0.2) is 28.1 Å². The van der Waals surface area contributed by atoms with Crippen LogP contribution in [0.2, 0.25) is 0 Å². The van der Waals surface area contributed by atoms with E-state index in [9.17, 15) is 14.7 Å². The molecular weight excluding hydrogens is 410 g/mol. The van der Waals surface area contributed by atoms with Gasteiger partial charge in [0.05, 0.1) is 5.56 Å². The summed E-state index contributed by atoms with van der Waals surface area (Å²) in [5.41, 5.74) is 0.882. The standard InChI is InChI=1S/C25H31NO4S/c1-25(2)16-11-15(7-5-3-4-6-8-22(28)29)23(20(25)12-16)26-24(30)19-14-31-21-10-9-17(27)13-18(19)21/h3,5,9-10,13-16,20,23,27H,4,6-8,11-12H2,1-2H3,(H,26,30)(H,28,29)/b5-3-/t15-,16-,20-,23?/m0/s1. The average molecular weight is 442 g/mol. The lowest BCUT2D eigenvalue weighted by atomic mass is 9.44. The van der Waals surface area contributed by atoms with E-state index in [1.54, 1.807) is 12.1 Å². The van der Waals surface area contributed by atoms with Gasteiger partial charge in [0.15, 0.2) is 0 Å². The van der Waals surface area contributed by atoms with Crippen LogP contribution in [0.3, 0.4) is 0 Å². The Labute approximate surface area is 187 Å². The number of rotatable bonds is 8. The van der Waals surface area contributed by atoms with Gasteiger partial charge in [-0.05, 0) is 73.5 Å². The molecule has 31 heavy (non-hydrogen) atoms. The second kappa shape index (κ2) is 8.65. The number of fused-ring (bicyclic) bond motifs is 3. The summed E-state index contributed by atoms with van der Waals surface area (Å²) in [6, 6.07) is 5.30. The number of hydrogen-bond donors (Lipinski definition) is 3. The molecule has 5 rings (SSSR count). The topological polar surface area (TPSA) is 86.6 Å². The van der Waals surface area contributed by atoms with E-state index in [-0.39, 0.29) is 29.5 Å². The van der Waals surface area contributed by atoms with Crippen molar-refractivity contribution in [3.63, 3.8) is 0 Å². The molecule has 1 amide bonds. The summed E-state index contributed by atoms with van der Waals surface area (Å²) in [5.74, 6) is 0.939. The Balaban J connectivity index is 1.46.